The van der Waals surface area contributed by atoms with Crippen LogP contribution in [0.2, 0.25) is 0 Å². The molecule has 3 aromatic rings. The number of nitrogens with one attached hydrogen (secondary N) is 2. The van der Waals surface area contributed by atoms with E-state index in [4.69, 9.17) is 5.73 Å². The maximum atomic E-state index is 12.6. The van der Waals surface area contributed by atoms with Gasteiger partial charge in [-0.25, -0.2) is 0 Å². The molecule has 0 unspecified atom stereocenters. The Labute approximate surface area is 158 Å². The van der Waals surface area contributed by atoms with Crippen molar-refractivity contribution < 1.29 is 13.2 Å². The predicted octanol–water partition coefficient (Wildman–Crippen LogP) is 2.29. The molecule has 1 aliphatic rings. The lowest BCUT2D eigenvalue weighted by molar-refractivity contribution is -0.141. The molecule has 11 heteroatoms. The second kappa shape index (κ2) is 6.59. The van der Waals surface area contributed by atoms with Crippen LogP contribution in [0.15, 0.2) is 24.5 Å². The van der Waals surface area contributed by atoms with Gasteiger partial charge in [0, 0.05) is 31.9 Å². The van der Waals surface area contributed by atoms with E-state index in [-0.39, 0.29) is 12.1 Å². The number of pyridine rings is 1. The first-order valence-corrected chi connectivity index (χ1v) is 8.72. The minimum Gasteiger partial charge on any atom is -0.365 e. The lowest BCUT2D eigenvalue weighted by Crippen LogP contribution is -2.31. The Kier molecular flexibility index (Phi) is 4.33. The molecule has 3 aromatic heterocycles. The molecule has 1 fully saturated rings. The van der Waals surface area contributed by atoms with Gasteiger partial charge in [0.2, 0.25) is 5.95 Å². The van der Waals surface area contributed by atoms with E-state index in [1.54, 1.807) is 17.9 Å². The molecule has 28 heavy (non-hydrogen) atoms. The van der Waals surface area contributed by atoms with Crippen LogP contribution < -0.4 is 16.4 Å². The number of nitrogens with two attached hydrogens (primary N) is 1. The van der Waals surface area contributed by atoms with Crippen molar-refractivity contribution in [2.45, 2.75) is 31.1 Å². The highest BCUT2D eigenvalue weighted by Crippen LogP contribution is 2.32. The summed E-state index contributed by atoms with van der Waals surface area (Å²) in [5.41, 5.74) is 6.20. The Morgan fingerprint density at radius 1 is 1.18 bits per heavy atom. The molecule has 8 nitrogen and oxygen atoms in total. The van der Waals surface area contributed by atoms with E-state index in [1.165, 1.54) is 12.3 Å². The zero-order valence-corrected chi connectivity index (χ0v) is 15.1. The Hall–Kier alpha value is -2.95. The van der Waals surface area contributed by atoms with Crippen LogP contribution >= 0.6 is 0 Å². The van der Waals surface area contributed by atoms with E-state index in [0.717, 1.165) is 18.9 Å². The van der Waals surface area contributed by atoms with Crippen molar-refractivity contribution in [3.05, 3.63) is 35.8 Å². The first-order chi connectivity index (χ1) is 13.2. The van der Waals surface area contributed by atoms with Crippen molar-refractivity contribution >= 4 is 22.8 Å². The number of alkyl halides is 3. The van der Waals surface area contributed by atoms with Gasteiger partial charge in [-0.05, 0) is 24.5 Å². The van der Waals surface area contributed by atoms with E-state index < -0.39 is 11.9 Å². The molecule has 148 valence electrons. The number of hydrogen-bond acceptors (Lipinski definition) is 7. The van der Waals surface area contributed by atoms with Crippen molar-refractivity contribution in [1.82, 2.24) is 24.7 Å². The van der Waals surface area contributed by atoms with Gasteiger partial charge < -0.3 is 16.4 Å². The highest BCUT2D eigenvalue weighted by molar-refractivity contribution is 5.87. The Morgan fingerprint density at radius 3 is 2.61 bits per heavy atom. The molecule has 0 atom stereocenters. The SMILES string of the molecule is Cn1ncc2c(NCc3ccc(C(F)(F)F)nc3)nc(NCC3(N)CC3)nc21. The molecule has 0 aliphatic heterocycles. The van der Waals surface area contributed by atoms with Crippen molar-refractivity contribution in [3.63, 3.8) is 0 Å². The highest BCUT2D eigenvalue weighted by Gasteiger charge is 2.38. The molecular formula is C17H19F3N8. The van der Waals surface area contributed by atoms with Gasteiger partial charge in [-0.2, -0.15) is 28.2 Å². The summed E-state index contributed by atoms with van der Waals surface area (Å²) in [5, 5.41) is 11.2. The number of aryl methyl sites for hydroxylation is 1. The number of anilines is 2. The minimum absolute atomic E-state index is 0.204. The number of fused-ring (bicyclic) bond motifs is 1. The van der Waals surface area contributed by atoms with Crippen LogP contribution in [0.3, 0.4) is 0 Å². The highest BCUT2D eigenvalue weighted by atomic mass is 19.4. The molecule has 0 radical (unpaired) electrons. The summed E-state index contributed by atoms with van der Waals surface area (Å²) in [6, 6.07) is 2.34. The Morgan fingerprint density at radius 2 is 1.96 bits per heavy atom. The Bertz CT molecular complexity index is 992. The third-order valence-corrected chi connectivity index (χ3v) is 4.66. The number of nitrogens with zero attached hydrogens (tertiary/aromatic N) is 5. The third-order valence-electron chi connectivity index (χ3n) is 4.66. The monoisotopic (exact) mass is 392 g/mol. The number of aromatic nitrogens is 5. The van der Waals surface area contributed by atoms with Crippen molar-refractivity contribution in [3.8, 4) is 0 Å². The summed E-state index contributed by atoms with van der Waals surface area (Å²) in [4.78, 5) is 12.4. The van der Waals surface area contributed by atoms with Crippen molar-refractivity contribution in [2.75, 3.05) is 17.2 Å². The van der Waals surface area contributed by atoms with Gasteiger partial charge in [0.05, 0.1) is 11.6 Å². The molecule has 0 bridgehead atoms. The second-order valence-electron chi connectivity index (χ2n) is 7.02. The molecule has 4 N–H and O–H groups in total. The lowest BCUT2D eigenvalue weighted by atomic mass is 10.2. The van der Waals surface area contributed by atoms with Gasteiger partial charge in [-0.1, -0.05) is 6.07 Å². The fraction of sp³-hybridized carbons (Fsp3) is 0.412. The van der Waals surface area contributed by atoms with Crippen molar-refractivity contribution in [1.29, 1.82) is 0 Å². The zero-order chi connectivity index (χ0) is 19.9. The molecule has 0 spiro atoms. The number of rotatable bonds is 6. The summed E-state index contributed by atoms with van der Waals surface area (Å²) >= 11 is 0. The average molecular weight is 392 g/mol. The van der Waals surface area contributed by atoms with Crippen LogP contribution in [0.4, 0.5) is 24.9 Å². The smallest absolute Gasteiger partial charge is 0.365 e. The normalized spacial score (nSPS) is 15.6. The summed E-state index contributed by atoms with van der Waals surface area (Å²) in [6.45, 7) is 0.824. The molecular weight excluding hydrogens is 373 g/mol. The largest absolute Gasteiger partial charge is 0.433 e. The fourth-order valence-corrected chi connectivity index (χ4v) is 2.71. The van der Waals surface area contributed by atoms with Gasteiger partial charge >= 0.3 is 6.18 Å². The topological polar surface area (TPSA) is 107 Å². The van der Waals surface area contributed by atoms with Crippen LogP contribution in [0.5, 0.6) is 0 Å². The minimum atomic E-state index is -4.46. The quantitative estimate of drug-likeness (QED) is 0.591. The van der Waals surface area contributed by atoms with Gasteiger partial charge in [-0.3, -0.25) is 9.67 Å². The molecule has 0 saturated heterocycles. The summed E-state index contributed by atoms with van der Waals surface area (Å²) in [6.07, 6.45) is 0.294. The maximum absolute atomic E-state index is 12.6. The van der Waals surface area contributed by atoms with E-state index in [1.807, 2.05) is 0 Å². The summed E-state index contributed by atoms with van der Waals surface area (Å²) < 4.78 is 39.5. The lowest BCUT2D eigenvalue weighted by Gasteiger charge is -2.13. The van der Waals surface area contributed by atoms with E-state index in [2.05, 4.69) is 30.7 Å². The standard InChI is InChI=1S/C17H19F3N8/c1-28-14-11(8-25-28)13(26-15(27-14)24-9-16(21)4-5-16)23-7-10-2-3-12(22-6-10)17(18,19)20/h2-3,6,8H,4-5,7,9,21H2,1H3,(H2,23,24,26,27). The average Bonchev–Trinajstić information content (AvgIpc) is 3.28. The van der Waals surface area contributed by atoms with Crippen LogP contribution in [0.25, 0.3) is 11.0 Å². The summed E-state index contributed by atoms with van der Waals surface area (Å²) in [7, 11) is 1.77. The van der Waals surface area contributed by atoms with Crippen LogP contribution in [-0.4, -0.2) is 36.8 Å². The first-order valence-electron chi connectivity index (χ1n) is 8.72. The first kappa shape index (κ1) is 18.4. The third kappa shape index (κ3) is 3.84. The van der Waals surface area contributed by atoms with Crippen LogP contribution in [0, 0.1) is 0 Å². The van der Waals surface area contributed by atoms with Crippen LogP contribution in [0.1, 0.15) is 24.1 Å². The second-order valence-corrected chi connectivity index (χ2v) is 7.02. The molecule has 0 amide bonds. The van der Waals surface area contributed by atoms with Gasteiger partial charge in [0.15, 0.2) is 5.65 Å². The number of halogens is 3. The molecule has 0 aromatic carbocycles. The molecule has 3 heterocycles. The molecule has 1 aliphatic carbocycles. The van der Waals surface area contributed by atoms with E-state index in [9.17, 15) is 13.2 Å². The molecule has 4 rings (SSSR count). The van der Waals surface area contributed by atoms with E-state index in [0.29, 0.717) is 34.9 Å². The summed E-state index contributed by atoms with van der Waals surface area (Å²) in [5.74, 6) is 0.947. The number of hydrogen-bond donors (Lipinski definition) is 3. The zero-order valence-electron chi connectivity index (χ0n) is 15.1. The van der Waals surface area contributed by atoms with E-state index >= 15 is 0 Å². The van der Waals surface area contributed by atoms with Gasteiger partial charge in [0.25, 0.3) is 0 Å². The van der Waals surface area contributed by atoms with Gasteiger partial charge in [-0.15, -0.1) is 0 Å². The van der Waals surface area contributed by atoms with Crippen LogP contribution in [-0.2, 0) is 19.8 Å². The fourth-order valence-electron chi connectivity index (χ4n) is 2.71. The maximum Gasteiger partial charge on any atom is 0.433 e. The predicted molar refractivity (Wildman–Crippen MR) is 97.5 cm³/mol. The van der Waals surface area contributed by atoms with Crippen molar-refractivity contribution in [2.24, 2.45) is 12.8 Å². The molecule has 1 saturated carbocycles. The van der Waals surface area contributed by atoms with Gasteiger partial charge in [0.1, 0.15) is 11.5 Å². The Balaban J connectivity index is 1.53.